The largest absolute Gasteiger partial charge is 0.411 e. The third-order valence-corrected chi connectivity index (χ3v) is 4.10. The molecule has 1 fully saturated rings. The smallest absolute Gasteiger partial charge is 0.277 e. The summed E-state index contributed by atoms with van der Waals surface area (Å²) in [4.78, 5) is 18.0. The number of hydrogen-bond donors (Lipinski definition) is 0. The molecule has 6 nitrogen and oxygen atoms in total. The minimum atomic E-state index is 0.133. The molecule has 21 heavy (non-hydrogen) atoms. The number of nitrogens with zero attached hydrogens (tertiary/aromatic N) is 4. The normalized spacial score (nSPS) is 14.1. The third kappa shape index (κ3) is 3.41. The molecule has 2 aromatic rings. The van der Waals surface area contributed by atoms with Gasteiger partial charge in [0.1, 0.15) is 0 Å². The van der Waals surface area contributed by atoms with Crippen molar-refractivity contribution in [3.05, 3.63) is 24.5 Å². The van der Waals surface area contributed by atoms with Crippen molar-refractivity contribution in [1.29, 1.82) is 0 Å². The zero-order chi connectivity index (χ0) is 14.7. The minimum Gasteiger partial charge on any atom is -0.411 e. The fourth-order valence-corrected chi connectivity index (χ4v) is 2.76. The molecule has 0 bridgehead atoms. The lowest BCUT2D eigenvalue weighted by atomic mass is 10.3. The summed E-state index contributed by atoms with van der Waals surface area (Å²) in [6, 6.07) is 4.05. The molecule has 0 spiro atoms. The first kappa shape index (κ1) is 14.1. The molecule has 0 aliphatic heterocycles. The summed E-state index contributed by atoms with van der Waals surface area (Å²) in [5.74, 6) is 0.915. The van der Waals surface area contributed by atoms with E-state index in [0.29, 0.717) is 22.9 Å². The molecule has 0 saturated heterocycles. The standard InChI is InChI=1S/C14H16N4O2S/c1-2-18(11-3-4-11)12(19)9-21-14-17-16-13(20-14)10-5-7-15-8-6-10/h5-8,11H,2-4,9H2,1H3. The molecule has 1 aliphatic carbocycles. The second-order valence-electron chi connectivity index (χ2n) is 4.81. The predicted molar refractivity (Wildman–Crippen MR) is 78.7 cm³/mol. The maximum absolute atomic E-state index is 12.1. The van der Waals surface area contributed by atoms with Crippen LogP contribution in [0.2, 0.25) is 0 Å². The molecule has 1 aliphatic rings. The molecule has 2 aromatic heterocycles. The molecular weight excluding hydrogens is 288 g/mol. The maximum atomic E-state index is 12.1. The van der Waals surface area contributed by atoms with Crippen molar-refractivity contribution in [2.24, 2.45) is 0 Å². The number of rotatable bonds is 6. The van der Waals surface area contributed by atoms with Crippen LogP contribution in [0.15, 0.2) is 34.2 Å². The average Bonchev–Trinajstić information content (AvgIpc) is 3.24. The lowest BCUT2D eigenvalue weighted by Crippen LogP contribution is -2.34. The van der Waals surface area contributed by atoms with Crippen LogP contribution >= 0.6 is 11.8 Å². The first-order chi connectivity index (χ1) is 10.3. The highest BCUT2D eigenvalue weighted by Gasteiger charge is 2.31. The van der Waals surface area contributed by atoms with Gasteiger partial charge in [0.05, 0.1) is 5.75 Å². The van der Waals surface area contributed by atoms with E-state index in [1.807, 2.05) is 11.8 Å². The summed E-state index contributed by atoms with van der Waals surface area (Å²) in [6.07, 6.45) is 5.59. The van der Waals surface area contributed by atoms with Gasteiger partial charge >= 0.3 is 0 Å². The fourth-order valence-electron chi connectivity index (χ4n) is 2.11. The highest BCUT2D eigenvalue weighted by atomic mass is 32.2. The van der Waals surface area contributed by atoms with Crippen LogP contribution in [0.25, 0.3) is 11.5 Å². The lowest BCUT2D eigenvalue weighted by molar-refractivity contribution is -0.128. The van der Waals surface area contributed by atoms with Crippen molar-refractivity contribution in [2.45, 2.75) is 31.0 Å². The van der Waals surface area contributed by atoms with Crippen LogP contribution in [0.1, 0.15) is 19.8 Å². The first-order valence-corrected chi connectivity index (χ1v) is 7.92. The van der Waals surface area contributed by atoms with Crippen LogP contribution in [0, 0.1) is 0 Å². The second kappa shape index (κ2) is 6.26. The van der Waals surface area contributed by atoms with Gasteiger partial charge in [-0.3, -0.25) is 9.78 Å². The highest BCUT2D eigenvalue weighted by Crippen LogP contribution is 2.28. The van der Waals surface area contributed by atoms with E-state index in [-0.39, 0.29) is 5.91 Å². The number of thioether (sulfide) groups is 1. The van der Waals surface area contributed by atoms with E-state index in [0.717, 1.165) is 24.9 Å². The average molecular weight is 304 g/mol. The van der Waals surface area contributed by atoms with Gasteiger partial charge in [-0.2, -0.15) is 0 Å². The Hall–Kier alpha value is -1.89. The van der Waals surface area contributed by atoms with Crippen LogP contribution in [0.4, 0.5) is 0 Å². The van der Waals surface area contributed by atoms with Crippen LogP contribution in [0.3, 0.4) is 0 Å². The van der Waals surface area contributed by atoms with E-state index < -0.39 is 0 Å². The molecular formula is C14H16N4O2S. The quantitative estimate of drug-likeness (QED) is 0.762. The fraction of sp³-hybridized carbons (Fsp3) is 0.429. The number of aromatic nitrogens is 3. The summed E-state index contributed by atoms with van der Waals surface area (Å²) in [5, 5.41) is 8.37. The van der Waals surface area contributed by atoms with E-state index in [1.165, 1.54) is 11.8 Å². The molecule has 1 amide bonds. The molecule has 1 saturated carbocycles. The van der Waals surface area contributed by atoms with Gasteiger partial charge in [0.15, 0.2) is 0 Å². The van der Waals surface area contributed by atoms with E-state index in [4.69, 9.17) is 4.42 Å². The monoisotopic (exact) mass is 304 g/mol. The Kier molecular flexibility index (Phi) is 4.19. The molecule has 7 heteroatoms. The Bertz CT molecular complexity index is 612. The Morgan fingerprint density at radius 3 is 2.81 bits per heavy atom. The topological polar surface area (TPSA) is 72.1 Å². The molecule has 0 N–H and O–H groups in total. The van der Waals surface area contributed by atoms with Crippen molar-refractivity contribution in [2.75, 3.05) is 12.3 Å². The molecule has 0 radical (unpaired) electrons. The molecule has 0 aromatic carbocycles. The van der Waals surface area contributed by atoms with Crippen molar-refractivity contribution < 1.29 is 9.21 Å². The van der Waals surface area contributed by atoms with Crippen LogP contribution in [-0.4, -0.2) is 44.3 Å². The van der Waals surface area contributed by atoms with Gasteiger partial charge in [-0.25, -0.2) is 0 Å². The Balaban J connectivity index is 1.59. The van der Waals surface area contributed by atoms with Gasteiger partial charge in [0, 0.05) is 30.5 Å². The number of carbonyl (C=O) groups is 1. The zero-order valence-corrected chi connectivity index (χ0v) is 12.5. The molecule has 0 atom stereocenters. The van der Waals surface area contributed by atoms with Gasteiger partial charge in [-0.1, -0.05) is 11.8 Å². The minimum absolute atomic E-state index is 0.133. The number of amides is 1. The Morgan fingerprint density at radius 2 is 2.14 bits per heavy atom. The highest BCUT2D eigenvalue weighted by molar-refractivity contribution is 7.99. The summed E-state index contributed by atoms with van der Waals surface area (Å²) >= 11 is 1.29. The van der Waals surface area contributed by atoms with Crippen LogP contribution in [0.5, 0.6) is 0 Å². The van der Waals surface area contributed by atoms with Gasteiger partial charge in [-0.15, -0.1) is 10.2 Å². The summed E-state index contributed by atoms with van der Waals surface area (Å²) in [6.45, 7) is 2.77. The third-order valence-electron chi connectivity index (χ3n) is 3.30. The van der Waals surface area contributed by atoms with Crippen molar-refractivity contribution in [3.8, 4) is 11.5 Å². The van der Waals surface area contributed by atoms with E-state index in [1.54, 1.807) is 24.5 Å². The van der Waals surface area contributed by atoms with E-state index in [2.05, 4.69) is 15.2 Å². The van der Waals surface area contributed by atoms with Gasteiger partial charge < -0.3 is 9.32 Å². The van der Waals surface area contributed by atoms with Crippen LogP contribution in [-0.2, 0) is 4.79 Å². The first-order valence-electron chi connectivity index (χ1n) is 6.94. The zero-order valence-electron chi connectivity index (χ0n) is 11.7. The predicted octanol–water partition coefficient (Wildman–Crippen LogP) is 2.23. The number of hydrogen-bond acceptors (Lipinski definition) is 6. The SMILES string of the molecule is CCN(C(=O)CSc1nnc(-c2ccncc2)o1)C1CC1. The maximum Gasteiger partial charge on any atom is 0.277 e. The van der Waals surface area contributed by atoms with Crippen LogP contribution < -0.4 is 0 Å². The summed E-state index contributed by atoms with van der Waals surface area (Å²) in [5.41, 5.74) is 0.823. The molecule has 0 unspecified atom stereocenters. The molecule has 2 heterocycles. The lowest BCUT2D eigenvalue weighted by Gasteiger charge is -2.19. The van der Waals surface area contributed by atoms with E-state index >= 15 is 0 Å². The van der Waals surface area contributed by atoms with E-state index in [9.17, 15) is 4.79 Å². The van der Waals surface area contributed by atoms with Gasteiger partial charge in [0.2, 0.25) is 11.8 Å². The van der Waals surface area contributed by atoms with Crippen molar-refractivity contribution >= 4 is 17.7 Å². The molecule has 3 rings (SSSR count). The number of carbonyl (C=O) groups excluding carboxylic acids is 1. The van der Waals surface area contributed by atoms with Gasteiger partial charge in [0.25, 0.3) is 5.22 Å². The summed E-state index contributed by atoms with van der Waals surface area (Å²) in [7, 11) is 0. The molecule has 110 valence electrons. The second-order valence-corrected chi connectivity index (χ2v) is 5.74. The van der Waals surface area contributed by atoms with Gasteiger partial charge in [-0.05, 0) is 31.9 Å². The summed E-state index contributed by atoms with van der Waals surface area (Å²) < 4.78 is 5.55. The Labute approximate surface area is 127 Å². The number of pyridine rings is 1. The van der Waals surface area contributed by atoms with Crippen molar-refractivity contribution in [1.82, 2.24) is 20.1 Å². The van der Waals surface area contributed by atoms with Crippen molar-refractivity contribution in [3.63, 3.8) is 0 Å². The Morgan fingerprint density at radius 1 is 1.38 bits per heavy atom.